The number of hydrogen-bond donors (Lipinski definition) is 2. The Morgan fingerprint density at radius 2 is 1.86 bits per heavy atom. The molecule has 4 rings (SSSR count). The summed E-state index contributed by atoms with van der Waals surface area (Å²) in [5.41, 5.74) is 14.9. The fourth-order valence-corrected chi connectivity index (χ4v) is 3.53. The highest BCUT2D eigenvalue weighted by atomic mass is 16.5. The standard InChI is InChI=1S/C23H26N4O2/c24-21(28)18-8-4-3-7-17(18)6-2-1-5-15-11-12-20-19(13-15)22(27-23(25)26-20)29-14-16-9-10-16/h3-4,7-8,11-13,16H,1-2,5-6,9-10,14H2,(H2,24,28)(H2,25,26,27). The van der Waals surface area contributed by atoms with Crippen LogP contribution in [0.4, 0.5) is 5.95 Å². The molecule has 1 heterocycles. The highest BCUT2D eigenvalue weighted by Gasteiger charge is 2.22. The van der Waals surface area contributed by atoms with Crippen LogP contribution in [0.3, 0.4) is 0 Å². The van der Waals surface area contributed by atoms with Crippen molar-refractivity contribution < 1.29 is 9.53 Å². The molecule has 1 aromatic heterocycles. The van der Waals surface area contributed by atoms with Gasteiger partial charge in [0.15, 0.2) is 0 Å². The minimum atomic E-state index is -0.367. The minimum absolute atomic E-state index is 0.240. The number of fused-ring (bicyclic) bond motifs is 1. The number of nitrogen functional groups attached to an aromatic ring is 1. The molecule has 0 radical (unpaired) electrons. The lowest BCUT2D eigenvalue weighted by Crippen LogP contribution is -2.13. The Bertz CT molecular complexity index is 1030. The molecule has 3 aromatic rings. The van der Waals surface area contributed by atoms with Gasteiger partial charge in [-0.25, -0.2) is 4.98 Å². The number of ether oxygens (including phenoxy) is 1. The van der Waals surface area contributed by atoms with Gasteiger partial charge in [-0.05, 0) is 73.8 Å². The van der Waals surface area contributed by atoms with Crippen LogP contribution in [0.2, 0.25) is 0 Å². The molecular weight excluding hydrogens is 364 g/mol. The maximum atomic E-state index is 11.5. The lowest BCUT2D eigenvalue weighted by Gasteiger charge is -2.10. The first-order chi connectivity index (χ1) is 14.1. The van der Waals surface area contributed by atoms with Crippen LogP contribution < -0.4 is 16.2 Å². The van der Waals surface area contributed by atoms with Crippen molar-refractivity contribution in [2.45, 2.75) is 38.5 Å². The number of carbonyl (C=O) groups excluding carboxylic acids is 1. The number of benzene rings is 2. The Morgan fingerprint density at radius 1 is 1.07 bits per heavy atom. The zero-order valence-electron chi connectivity index (χ0n) is 16.4. The molecule has 0 spiro atoms. The number of anilines is 1. The van der Waals surface area contributed by atoms with Crippen molar-refractivity contribution in [1.29, 1.82) is 0 Å². The van der Waals surface area contributed by atoms with E-state index in [1.54, 1.807) is 6.07 Å². The highest BCUT2D eigenvalue weighted by Crippen LogP contribution is 2.31. The Labute approximate surface area is 170 Å². The molecule has 150 valence electrons. The maximum absolute atomic E-state index is 11.5. The van der Waals surface area contributed by atoms with Crippen LogP contribution in [0.15, 0.2) is 42.5 Å². The van der Waals surface area contributed by atoms with Gasteiger partial charge in [-0.3, -0.25) is 4.79 Å². The average Bonchev–Trinajstić information content (AvgIpc) is 3.54. The predicted molar refractivity (Wildman–Crippen MR) is 114 cm³/mol. The third kappa shape index (κ3) is 4.83. The van der Waals surface area contributed by atoms with Crippen molar-refractivity contribution in [3.8, 4) is 5.88 Å². The fraction of sp³-hybridized carbons (Fsp3) is 0.348. The largest absolute Gasteiger partial charge is 0.477 e. The van der Waals surface area contributed by atoms with Gasteiger partial charge < -0.3 is 16.2 Å². The molecule has 4 N–H and O–H groups in total. The van der Waals surface area contributed by atoms with Crippen LogP contribution in [-0.4, -0.2) is 22.5 Å². The van der Waals surface area contributed by atoms with Crippen molar-refractivity contribution in [2.24, 2.45) is 11.7 Å². The SMILES string of the molecule is NC(=O)c1ccccc1CCCCc1ccc2nc(N)nc(OCC3CC3)c2c1. The Morgan fingerprint density at radius 3 is 2.66 bits per heavy atom. The summed E-state index contributed by atoms with van der Waals surface area (Å²) in [4.78, 5) is 20.2. The van der Waals surface area contributed by atoms with Crippen LogP contribution in [0.5, 0.6) is 5.88 Å². The van der Waals surface area contributed by atoms with E-state index < -0.39 is 0 Å². The first kappa shape index (κ1) is 19.2. The number of unbranched alkanes of at least 4 members (excludes halogenated alkanes) is 1. The number of aryl methyl sites for hydroxylation is 2. The smallest absolute Gasteiger partial charge is 0.248 e. The number of carbonyl (C=O) groups is 1. The first-order valence-corrected chi connectivity index (χ1v) is 10.2. The van der Waals surface area contributed by atoms with Crippen LogP contribution in [0, 0.1) is 5.92 Å². The van der Waals surface area contributed by atoms with E-state index in [1.165, 1.54) is 18.4 Å². The molecular formula is C23H26N4O2. The van der Waals surface area contributed by atoms with E-state index in [0.29, 0.717) is 24.0 Å². The molecule has 2 aromatic carbocycles. The topological polar surface area (TPSA) is 104 Å². The molecule has 1 aliphatic rings. The first-order valence-electron chi connectivity index (χ1n) is 10.2. The van der Waals surface area contributed by atoms with Crippen molar-refractivity contribution in [3.63, 3.8) is 0 Å². The zero-order valence-corrected chi connectivity index (χ0v) is 16.4. The summed E-state index contributed by atoms with van der Waals surface area (Å²) >= 11 is 0. The molecule has 29 heavy (non-hydrogen) atoms. The highest BCUT2D eigenvalue weighted by molar-refractivity contribution is 5.94. The summed E-state index contributed by atoms with van der Waals surface area (Å²) in [5.74, 6) is 1.10. The lowest BCUT2D eigenvalue weighted by atomic mass is 9.99. The normalized spacial score (nSPS) is 13.5. The Hall–Kier alpha value is -3.15. The van der Waals surface area contributed by atoms with Crippen LogP contribution in [-0.2, 0) is 12.8 Å². The molecule has 1 fully saturated rings. The van der Waals surface area contributed by atoms with E-state index in [2.05, 4.69) is 22.1 Å². The van der Waals surface area contributed by atoms with Crippen molar-refractivity contribution in [2.75, 3.05) is 12.3 Å². The molecule has 1 aliphatic carbocycles. The van der Waals surface area contributed by atoms with E-state index in [9.17, 15) is 4.79 Å². The van der Waals surface area contributed by atoms with Crippen molar-refractivity contribution in [3.05, 3.63) is 59.2 Å². The summed E-state index contributed by atoms with van der Waals surface area (Å²) in [5, 5.41) is 0.913. The number of rotatable bonds is 9. The molecule has 1 saturated carbocycles. The molecule has 6 nitrogen and oxygen atoms in total. The number of nitrogens with two attached hydrogens (primary N) is 2. The van der Waals surface area contributed by atoms with Crippen molar-refractivity contribution >= 4 is 22.8 Å². The fourth-order valence-electron chi connectivity index (χ4n) is 3.53. The second-order valence-corrected chi connectivity index (χ2v) is 7.72. The zero-order chi connectivity index (χ0) is 20.2. The number of nitrogens with zero attached hydrogens (tertiary/aromatic N) is 2. The maximum Gasteiger partial charge on any atom is 0.248 e. The van der Waals surface area contributed by atoms with Gasteiger partial charge in [-0.1, -0.05) is 24.3 Å². The van der Waals surface area contributed by atoms with Crippen molar-refractivity contribution in [1.82, 2.24) is 9.97 Å². The van der Waals surface area contributed by atoms with Gasteiger partial charge in [0.05, 0.1) is 17.5 Å². The molecule has 6 heteroatoms. The van der Waals surface area contributed by atoms with E-state index >= 15 is 0 Å². The predicted octanol–water partition coefficient (Wildman–Crippen LogP) is 3.67. The summed E-state index contributed by atoms with van der Waals surface area (Å²) in [6.45, 7) is 0.690. The Balaban J connectivity index is 1.41. The van der Waals surface area contributed by atoms with Crippen LogP contribution in [0.1, 0.15) is 47.2 Å². The van der Waals surface area contributed by atoms with Crippen LogP contribution in [0.25, 0.3) is 10.9 Å². The third-order valence-electron chi connectivity index (χ3n) is 5.34. The van der Waals surface area contributed by atoms with Gasteiger partial charge in [0.25, 0.3) is 0 Å². The molecule has 0 aliphatic heterocycles. The molecule has 0 atom stereocenters. The van der Waals surface area contributed by atoms with E-state index in [0.717, 1.165) is 42.1 Å². The van der Waals surface area contributed by atoms with Gasteiger partial charge in [0.1, 0.15) is 0 Å². The van der Waals surface area contributed by atoms with Gasteiger partial charge in [-0.2, -0.15) is 4.98 Å². The minimum Gasteiger partial charge on any atom is -0.477 e. The summed E-state index contributed by atoms with van der Waals surface area (Å²) in [6, 6.07) is 13.7. The number of hydrogen-bond acceptors (Lipinski definition) is 5. The summed E-state index contributed by atoms with van der Waals surface area (Å²) in [6.07, 6.45) is 6.20. The van der Waals surface area contributed by atoms with E-state index in [-0.39, 0.29) is 11.9 Å². The second-order valence-electron chi connectivity index (χ2n) is 7.72. The number of aromatic nitrogens is 2. The Kier molecular flexibility index (Phi) is 5.60. The number of primary amides is 1. The molecule has 0 bridgehead atoms. The molecule has 1 amide bonds. The molecule has 0 unspecified atom stereocenters. The van der Waals surface area contributed by atoms with Gasteiger partial charge in [0, 0.05) is 5.56 Å². The third-order valence-corrected chi connectivity index (χ3v) is 5.34. The lowest BCUT2D eigenvalue weighted by molar-refractivity contribution is 0.0999. The van der Waals surface area contributed by atoms with E-state index in [4.69, 9.17) is 16.2 Å². The van der Waals surface area contributed by atoms with Gasteiger partial charge >= 0.3 is 0 Å². The number of amides is 1. The second kappa shape index (κ2) is 8.47. The summed E-state index contributed by atoms with van der Waals surface area (Å²) < 4.78 is 5.92. The van der Waals surface area contributed by atoms with Gasteiger partial charge in [-0.15, -0.1) is 0 Å². The van der Waals surface area contributed by atoms with Crippen LogP contribution >= 0.6 is 0 Å². The average molecular weight is 390 g/mol. The monoisotopic (exact) mass is 390 g/mol. The van der Waals surface area contributed by atoms with Gasteiger partial charge in [0.2, 0.25) is 17.7 Å². The van der Waals surface area contributed by atoms with E-state index in [1.807, 2.05) is 24.3 Å². The molecule has 0 saturated heterocycles. The summed E-state index contributed by atoms with van der Waals surface area (Å²) in [7, 11) is 0. The quantitative estimate of drug-likeness (QED) is 0.543.